The summed E-state index contributed by atoms with van der Waals surface area (Å²) in [5.74, 6) is -0.203. The van der Waals surface area contributed by atoms with Crippen molar-refractivity contribution in [1.82, 2.24) is 24.5 Å². The third kappa shape index (κ3) is 3.87. The molecule has 172 valence electrons. The lowest BCUT2D eigenvalue weighted by Gasteiger charge is -2.30. The first-order valence-corrected chi connectivity index (χ1v) is 10.3. The third-order valence-electron chi connectivity index (χ3n) is 5.86. The van der Waals surface area contributed by atoms with Crippen LogP contribution in [0.25, 0.3) is 28.1 Å². The number of pyridine rings is 2. The maximum Gasteiger partial charge on any atom is 0.408 e. The van der Waals surface area contributed by atoms with Crippen LogP contribution in [0.3, 0.4) is 0 Å². The number of benzene rings is 1. The molecule has 0 amide bonds. The van der Waals surface area contributed by atoms with Crippen molar-refractivity contribution >= 4 is 16.6 Å². The van der Waals surface area contributed by atoms with E-state index < -0.39 is 18.0 Å². The van der Waals surface area contributed by atoms with E-state index in [2.05, 4.69) is 15.2 Å². The molecule has 0 bridgehead atoms. The summed E-state index contributed by atoms with van der Waals surface area (Å²) < 4.78 is 62.6. The van der Waals surface area contributed by atoms with E-state index in [0.717, 1.165) is 0 Å². The Bertz CT molecular complexity index is 1340. The van der Waals surface area contributed by atoms with Crippen molar-refractivity contribution in [2.45, 2.75) is 24.7 Å². The summed E-state index contributed by atoms with van der Waals surface area (Å²) in [4.78, 5) is 5.86. The lowest BCUT2D eigenvalue weighted by atomic mass is 10.1. The number of rotatable bonds is 4. The fourth-order valence-electron chi connectivity index (χ4n) is 4.31. The van der Waals surface area contributed by atoms with Crippen LogP contribution < -0.4 is 10.5 Å². The van der Waals surface area contributed by atoms with Gasteiger partial charge in [0.1, 0.15) is 11.7 Å². The molecule has 5 rings (SSSR count). The molecule has 3 aromatic heterocycles. The van der Waals surface area contributed by atoms with E-state index >= 15 is 0 Å². The maximum absolute atomic E-state index is 14.0. The molecule has 1 aliphatic rings. The van der Waals surface area contributed by atoms with Crippen LogP contribution in [-0.2, 0) is 0 Å². The van der Waals surface area contributed by atoms with Gasteiger partial charge in [-0.05, 0) is 30.2 Å². The molecule has 33 heavy (non-hydrogen) atoms. The number of nitrogens with two attached hydrogens (primary N) is 1. The molecule has 2 N–H and O–H groups in total. The number of hydrogen-bond acceptors (Lipinski definition) is 6. The molecule has 1 saturated heterocycles. The summed E-state index contributed by atoms with van der Waals surface area (Å²) in [5.41, 5.74) is 7.14. The quantitative estimate of drug-likeness (QED) is 0.468. The molecule has 0 spiro atoms. The Kier molecular flexibility index (Phi) is 5.17. The van der Waals surface area contributed by atoms with Crippen molar-refractivity contribution in [1.29, 1.82) is 0 Å². The summed E-state index contributed by atoms with van der Waals surface area (Å²) in [6.07, 6.45) is -2.57. The molecular weight excluding hydrogens is 440 g/mol. The SMILES string of the molecule is COc1cc2nc(-c3nnc4ccc(C(N5CCC(N)C5)C(F)(F)F)cn34)ccc2cc1F. The van der Waals surface area contributed by atoms with Crippen LogP contribution in [0.5, 0.6) is 5.75 Å². The number of hydrogen-bond donors (Lipinski definition) is 1. The molecule has 2 unspecified atom stereocenters. The fourth-order valence-corrected chi connectivity index (χ4v) is 4.31. The standard InChI is InChI=1S/C22H20F4N6O/c1-33-18-9-17-12(8-15(18)23)2-4-16(28-17)21-30-29-19-5-3-13(10-32(19)21)20(22(24,25)26)31-7-6-14(27)11-31/h2-5,8-10,14,20H,6-7,11,27H2,1H3. The van der Waals surface area contributed by atoms with E-state index in [1.165, 1.54) is 46.9 Å². The first kappa shape index (κ1) is 21.5. The smallest absolute Gasteiger partial charge is 0.408 e. The first-order valence-electron chi connectivity index (χ1n) is 10.3. The van der Waals surface area contributed by atoms with Crippen LogP contribution in [-0.4, -0.2) is 56.9 Å². The average Bonchev–Trinajstić information content (AvgIpc) is 3.38. The highest BCUT2D eigenvalue weighted by molar-refractivity contribution is 5.82. The molecule has 0 radical (unpaired) electrons. The Hall–Kier alpha value is -3.31. The molecule has 1 fully saturated rings. The van der Waals surface area contributed by atoms with Gasteiger partial charge in [0.15, 0.2) is 23.0 Å². The number of nitrogens with zero attached hydrogens (tertiary/aromatic N) is 5. The third-order valence-corrected chi connectivity index (χ3v) is 5.86. The predicted octanol–water partition coefficient (Wildman–Crippen LogP) is 3.73. The van der Waals surface area contributed by atoms with Crippen LogP contribution in [0.1, 0.15) is 18.0 Å². The van der Waals surface area contributed by atoms with E-state index in [1.54, 1.807) is 12.1 Å². The molecule has 1 aromatic carbocycles. The van der Waals surface area contributed by atoms with E-state index in [4.69, 9.17) is 10.5 Å². The molecule has 0 aliphatic carbocycles. The van der Waals surface area contributed by atoms with Gasteiger partial charge in [0.25, 0.3) is 0 Å². The van der Waals surface area contributed by atoms with Gasteiger partial charge in [-0.3, -0.25) is 9.30 Å². The second kappa shape index (κ2) is 7.92. The van der Waals surface area contributed by atoms with Crippen molar-refractivity contribution in [2.24, 2.45) is 5.73 Å². The van der Waals surface area contributed by atoms with Crippen molar-refractivity contribution in [3.8, 4) is 17.3 Å². The van der Waals surface area contributed by atoms with Gasteiger partial charge in [-0.25, -0.2) is 9.37 Å². The minimum absolute atomic E-state index is 0.0392. The number of fused-ring (bicyclic) bond motifs is 2. The fraction of sp³-hybridized carbons (Fsp3) is 0.318. The molecule has 11 heteroatoms. The predicted molar refractivity (Wildman–Crippen MR) is 113 cm³/mol. The van der Waals surface area contributed by atoms with Gasteiger partial charge < -0.3 is 10.5 Å². The zero-order valence-corrected chi connectivity index (χ0v) is 17.6. The highest BCUT2D eigenvalue weighted by atomic mass is 19.4. The van der Waals surface area contributed by atoms with Gasteiger partial charge in [-0.2, -0.15) is 13.2 Å². The normalized spacial score (nSPS) is 18.3. The maximum atomic E-state index is 14.0. The Balaban J connectivity index is 1.60. The minimum Gasteiger partial charge on any atom is -0.494 e. The summed E-state index contributed by atoms with van der Waals surface area (Å²) >= 11 is 0. The molecular formula is C22H20F4N6O. The number of aromatic nitrogens is 4. The van der Waals surface area contributed by atoms with Gasteiger partial charge >= 0.3 is 6.18 Å². The van der Waals surface area contributed by atoms with E-state index in [-0.39, 0.29) is 36.3 Å². The molecule has 0 saturated carbocycles. The van der Waals surface area contributed by atoms with Gasteiger partial charge in [0.2, 0.25) is 0 Å². The van der Waals surface area contributed by atoms with Crippen molar-refractivity contribution in [3.05, 3.63) is 54.0 Å². The molecule has 4 aromatic rings. The Morgan fingerprint density at radius 1 is 1.15 bits per heavy atom. The first-order chi connectivity index (χ1) is 15.7. The van der Waals surface area contributed by atoms with Crippen LogP contribution >= 0.6 is 0 Å². The van der Waals surface area contributed by atoms with Crippen molar-refractivity contribution in [3.63, 3.8) is 0 Å². The number of methoxy groups -OCH3 is 1. The number of alkyl halides is 3. The van der Waals surface area contributed by atoms with Crippen LogP contribution in [0.2, 0.25) is 0 Å². The summed E-state index contributed by atoms with van der Waals surface area (Å²) in [5, 5.41) is 8.75. The van der Waals surface area contributed by atoms with Crippen LogP contribution in [0.15, 0.2) is 42.6 Å². The molecule has 7 nitrogen and oxygen atoms in total. The summed E-state index contributed by atoms with van der Waals surface area (Å²) in [6.45, 7) is 0.435. The monoisotopic (exact) mass is 460 g/mol. The Labute approximate surface area is 185 Å². The molecule has 4 heterocycles. The topological polar surface area (TPSA) is 81.6 Å². The van der Waals surface area contributed by atoms with Gasteiger partial charge in [-0.1, -0.05) is 12.1 Å². The van der Waals surface area contributed by atoms with E-state index in [1.807, 2.05) is 0 Å². The largest absolute Gasteiger partial charge is 0.494 e. The molecule has 2 atom stereocenters. The highest BCUT2D eigenvalue weighted by Gasteiger charge is 2.46. The second-order valence-electron chi connectivity index (χ2n) is 8.08. The number of halogens is 4. The zero-order chi connectivity index (χ0) is 23.3. The lowest BCUT2D eigenvalue weighted by Crippen LogP contribution is -2.38. The number of ether oxygens (including phenoxy) is 1. The van der Waals surface area contributed by atoms with Crippen molar-refractivity contribution in [2.75, 3.05) is 20.2 Å². The van der Waals surface area contributed by atoms with Gasteiger partial charge in [0.05, 0.1) is 12.6 Å². The lowest BCUT2D eigenvalue weighted by molar-refractivity contribution is -0.183. The minimum atomic E-state index is -4.48. The summed E-state index contributed by atoms with van der Waals surface area (Å²) in [6, 6.07) is 6.89. The van der Waals surface area contributed by atoms with Gasteiger partial charge in [0, 0.05) is 36.8 Å². The summed E-state index contributed by atoms with van der Waals surface area (Å²) in [7, 11) is 1.35. The van der Waals surface area contributed by atoms with E-state index in [9.17, 15) is 17.6 Å². The number of likely N-dealkylation sites (tertiary alicyclic amines) is 1. The van der Waals surface area contributed by atoms with Crippen LogP contribution in [0, 0.1) is 5.82 Å². The average molecular weight is 460 g/mol. The second-order valence-corrected chi connectivity index (χ2v) is 8.08. The highest BCUT2D eigenvalue weighted by Crippen LogP contribution is 2.39. The molecule has 1 aliphatic heterocycles. The van der Waals surface area contributed by atoms with E-state index in [0.29, 0.717) is 28.7 Å². The van der Waals surface area contributed by atoms with Crippen molar-refractivity contribution < 1.29 is 22.3 Å². The van der Waals surface area contributed by atoms with Gasteiger partial charge in [-0.15, -0.1) is 10.2 Å². The zero-order valence-electron chi connectivity index (χ0n) is 17.6. The Morgan fingerprint density at radius 2 is 1.97 bits per heavy atom. The Morgan fingerprint density at radius 3 is 2.67 bits per heavy atom. The van der Waals surface area contributed by atoms with Crippen LogP contribution in [0.4, 0.5) is 17.6 Å².